The van der Waals surface area contributed by atoms with E-state index in [9.17, 15) is 19.2 Å². The fourth-order valence-corrected chi connectivity index (χ4v) is 3.61. The predicted octanol–water partition coefficient (Wildman–Crippen LogP) is 1.34. The maximum atomic E-state index is 12.0. The number of rotatable bonds is 4. The normalized spacial score (nSPS) is 26.7. The van der Waals surface area contributed by atoms with Crippen molar-refractivity contribution in [2.45, 2.75) is 24.7 Å². The first kappa shape index (κ1) is 15.4. The Balaban J connectivity index is 2.01. The first-order valence-electron chi connectivity index (χ1n) is 7.43. The molecular weight excluding hydrogens is 300 g/mol. The zero-order valence-corrected chi connectivity index (χ0v) is 12.6. The Labute approximate surface area is 132 Å². The lowest BCUT2D eigenvalue weighted by Gasteiger charge is -2.33. The van der Waals surface area contributed by atoms with Crippen molar-refractivity contribution in [1.82, 2.24) is 0 Å². The van der Waals surface area contributed by atoms with Crippen LogP contribution in [0.3, 0.4) is 0 Å². The second-order valence-electron chi connectivity index (χ2n) is 5.88. The van der Waals surface area contributed by atoms with Gasteiger partial charge < -0.3 is 14.3 Å². The smallest absolute Gasteiger partial charge is 0.321 e. The number of methoxy groups -OCH3 is 1. The summed E-state index contributed by atoms with van der Waals surface area (Å²) in [5.74, 6) is -3.70. The summed E-state index contributed by atoms with van der Waals surface area (Å²) >= 11 is 0. The van der Waals surface area contributed by atoms with E-state index in [1.807, 2.05) is 12.1 Å². The van der Waals surface area contributed by atoms with Gasteiger partial charge in [0.2, 0.25) is 0 Å². The van der Waals surface area contributed by atoms with Crippen LogP contribution in [0, 0.1) is 11.8 Å². The summed E-state index contributed by atoms with van der Waals surface area (Å²) in [7, 11) is 1.27. The molecule has 120 valence electrons. The number of esters is 3. The molecule has 1 aromatic carbocycles. The zero-order chi connectivity index (χ0) is 16.6. The van der Waals surface area contributed by atoms with Crippen LogP contribution in [0.1, 0.15) is 35.8 Å². The van der Waals surface area contributed by atoms with Crippen LogP contribution in [0.4, 0.5) is 0 Å². The zero-order valence-electron chi connectivity index (χ0n) is 12.6. The number of carbonyl (C=O) groups is 4. The van der Waals surface area contributed by atoms with Gasteiger partial charge in [-0.2, -0.15) is 0 Å². The van der Waals surface area contributed by atoms with Gasteiger partial charge >= 0.3 is 17.9 Å². The third-order valence-corrected chi connectivity index (χ3v) is 4.72. The molecule has 0 amide bonds. The lowest BCUT2D eigenvalue weighted by molar-refractivity contribution is -0.153. The Kier molecular flexibility index (Phi) is 3.98. The molecule has 4 atom stereocenters. The lowest BCUT2D eigenvalue weighted by Crippen LogP contribution is -2.31. The molecule has 0 radical (unpaired) electrons. The monoisotopic (exact) mass is 316 g/mol. The number of carbonyl (C=O) groups excluding carboxylic acids is 4. The summed E-state index contributed by atoms with van der Waals surface area (Å²) < 4.78 is 9.41. The Hall–Kier alpha value is -2.50. The Morgan fingerprint density at radius 2 is 2.00 bits per heavy atom. The molecule has 1 aliphatic carbocycles. The maximum absolute atomic E-state index is 12.0. The van der Waals surface area contributed by atoms with Crippen LogP contribution >= 0.6 is 0 Å². The minimum Gasteiger partial charge on any atom is -0.469 e. The topological polar surface area (TPSA) is 86.7 Å². The summed E-state index contributed by atoms with van der Waals surface area (Å²) in [4.78, 5) is 47.0. The van der Waals surface area contributed by atoms with Crippen molar-refractivity contribution in [2.75, 3.05) is 7.11 Å². The SMILES string of the molecule is COC(=O)CC(C=O)C1CC2C(=O)OC(=O)C2c2ccccc21. The Morgan fingerprint density at radius 3 is 2.65 bits per heavy atom. The van der Waals surface area contributed by atoms with Crippen LogP contribution in [0.2, 0.25) is 0 Å². The van der Waals surface area contributed by atoms with Crippen LogP contribution in [0.5, 0.6) is 0 Å². The van der Waals surface area contributed by atoms with Gasteiger partial charge in [-0.1, -0.05) is 24.3 Å². The van der Waals surface area contributed by atoms with Crippen LogP contribution in [-0.2, 0) is 28.7 Å². The molecule has 4 unspecified atom stereocenters. The van der Waals surface area contributed by atoms with Crippen molar-refractivity contribution in [2.24, 2.45) is 11.8 Å². The molecule has 1 fully saturated rings. The van der Waals surface area contributed by atoms with Gasteiger partial charge in [0, 0.05) is 5.92 Å². The molecule has 1 saturated heterocycles. The molecule has 0 bridgehead atoms. The van der Waals surface area contributed by atoms with Gasteiger partial charge in [0.05, 0.1) is 25.4 Å². The van der Waals surface area contributed by atoms with E-state index in [-0.39, 0.29) is 12.3 Å². The molecule has 6 nitrogen and oxygen atoms in total. The summed E-state index contributed by atoms with van der Waals surface area (Å²) in [6, 6.07) is 7.21. The summed E-state index contributed by atoms with van der Waals surface area (Å²) in [6.45, 7) is 0. The minimum atomic E-state index is -0.611. The molecule has 0 N–H and O–H groups in total. The van der Waals surface area contributed by atoms with E-state index in [0.717, 1.165) is 11.8 Å². The molecule has 1 heterocycles. The van der Waals surface area contributed by atoms with E-state index >= 15 is 0 Å². The van der Waals surface area contributed by atoms with Gasteiger partial charge in [-0.3, -0.25) is 14.4 Å². The highest BCUT2D eigenvalue weighted by Gasteiger charge is 2.51. The van der Waals surface area contributed by atoms with E-state index in [4.69, 9.17) is 4.74 Å². The average molecular weight is 316 g/mol. The molecule has 6 heteroatoms. The van der Waals surface area contributed by atoms with Crippen molar-refractivity contribution in [3.8, 4) is 0 Å². The van der Waals surface area contributed by atoms with Crippen molar-refractivity contribution in [1.29, 1.82) is 0 Å². The second kappa shape index (κ2) is 5.95. The molecule has 0 aromatic heterocycles. The number of cyclic esters (lactones) is 2. The number of fused-ring (bicyclic) bond motifs is 3. The first-order chi connectivity index (χ1) is 11.1. The fraction of sp³-hybridized carbons (Fsp3) is 0.412. The number of aldehydes is 1. The summed E-state index contributed by atoms with van der Waals surface area (Å²) in [5, 5.41) is 0. The van der Waals surface area contributed by atoms with Crippen molar-refractivity contribution in [3.63, 3.8) is 0 Å². The van der Waals surface area contributed by atoms with Gasteiger partial charge in [-0.05, 0) is 23.5 Å². The van der Waals surface area contributed by atoms with Crippen molar-refractivity contribution in [3.05, 3.63) is 35.4 Å². The highest BCUT2D eigenvalue weighted by Crippen LogP contribution is 2.49. The van der Waals surface area contributed by atoms with Gasteiger partial charge in [-0.25, -0.2) is 0 Å². The second-order valence-corrected chi connectivity index (χ2v) is 5.88. The standard InChI is InChI=1S/C17H16O6/c1-22-14(19)6-9(8-18)12-7-13-15(17(21)23-16(13)20)11-5-3-2-4-10(11)12/h2-5,8-9,12-13,15H,6-7H2,1H3. The number of benzene rings is 1. The third-order valence-electron chi connectivity index (χ3n) is 4.72. The fourth-order valence-electron chi connectivity index (χ4n) is 3.61. The summed E-state index contributed by atoms with van der Waals surface area (Å²) in [5.41, 5.74) is 1.53. The number of hydrogen-bond acceptors (Lipinski definition) is 6. The van der Waals surface area contributed by atoms with Gasteiger partial charge in [0.25, 0.3) is 0 Å². The highest BCUT2D eigenvalue weighted by molar-refractivity contribution is 6.00. The molecular formula is C17H16O6. The maximum Gasteiger partial charge on any atom is 0.321 e. The molecule has 0 spiro atoms. The number of ether oxygens (including phenoxy) is 2. The van der Waals surface area contributed by atoms with E-state index < -0.39 is 35.7 Å². The first-order valence-corrected chi connectivity index (χ1v) is 7.43. The van der Waals surface area contributed by atoms with E-state index in [1.165, 1.54) is 7.11 Å². The Morgan fingerprint density at radius 1 is 1.30 bits per heavy atom. The molecule has 23 heavy (non-hydrogen) atoms. The van der Waals surface area contributed by atoms with Crippen LogP contribution in [-0.4, -0.2) is 31.3 Å². The molecule has 1 aromatic rings. The van der Waals surface area contributed by atoms with Gasteiger partial charge in [-0.15, -0.1) is 0 Å². The Bertz CT molecular complexity index is 679. The molecule has 3 rings (SSSR count). The van der Waals surface area contributed by atoms with Crippen LogP contribution in [0.25, 0.3) is 0 Å². The van der Waals surface area contributed by atoms with Crippen molar-refractivity contribution >= 4 is 24.2 Å². The highest BCUT2D eigenvalue weighted by atomic mass is 16.6. The van der Waals surface area contributed by atoms with Gasteiger partial charge in [0.1, 0.15) is 6.29 Å². The third kappa shape index (κ3) is 2.54. The quantitative estimate of drug-likeness (QED) is 0.473. The minimum absolute atomic E-state index is 0.0562. The van der Waals surface area contributed by atoms with E-state index in [2.05, 4.69) is 4.74 Å². The lowest BCUT2D eigenvalue weighted by atomic mass is 9.67. The van der Waals surface area contributed by atoms with Crippen molar-refractivity contribution < 1.29 is 28.7 Å². The average Bonchev–Trinajstić information content (AvgIpc) is 2.86. The van der Waals surface area contributed by atoms with E-state index in [1.54, 1.807) is 12.1 Å². The molecule has 1 aliphatic heterocycles. The largest absolute Gasteiger partial charge is 0.469 e. The molecule has 2 aliphatic rings. The molecule has 0 saturated carbocycles. The predicted molar refractivity (Wildman–Crippen MR) is 77.3 cm³/mol. The van der Waals surface area contributed by atoms with Gasteiger partial charge in [0.15, 0.2) is 0 Å². The summed E-state index contributed by atoms with van der Waals surface area (Å²) in [6.07, 6.45) is 0.979. The van der Waals surface area contributed by atoms with Crippen LogP contribution in [0.15, 0.2) is 24.3 Å². The number of hydrogen-bond donors (Lipinski definition) is 0. The van der Waals surface area contributed by atoms with Crippen LogP contribution < -0.4 is 0 Å². The van der Waals surface area contributed by atoms with E-state index in [0.29, 0.717) is 12.0 Å².